The summed E-state index contributed by atoms with van der Waals surface area (Å²) < 4.78 is 9.14. The lowest BCUT2D eigenvalue weighted by Crippen LogP contribution is -2.36. The zero-order valence-electron chi connectivity index (χ0n) is 13.0. The highest BCUT2D eigenvalue weighted by atomic mass is 79.9. The summed E-state index contributed by atoms with van der Waals surface area (Å²) in [7, 11) is 0. The maximum atomic E-state index is 11.9. The first kappa shape index (κ1) is 19.9. The van der Waals surface area contributed by atoms with Crippen molar-refractivity contribution in [2.24, 2.45) is 5.41 Å². The van der Waals surface area contributed by atoms with Crippen molar-refractivity contribution in [2.75, 3.05) is 13.2 Å². The van der Waals surface area contributed by atoms with Crippen molar-refractivity contribution in [1.29, 1.82) is 0 Å². The van der Waals surface area contributed by atoms with Crippen LogP contribution in [0.5, 0.6) is 0 Å². The van der Waals surface area contributed by atoms with E-state index in [1.807, 2.05) is 20.8 Å². The minimum atomic E-state index is -0.712. The summed E-state index contributed by atoms with van der Waals surface area (Å²) in [5.41, 5.74) is -0.430. The molecular formula is C14H24Br2O4. The van der Waals surface area contributed by atoms with Gasteiger partial charge in [0.2, 0.25) is 0 Å². The minimum absolute atomic E-state index is 0.194. The van der Waals surface area contributed by atoms with Gasteiger partial charge in [0, 0.05) is 5.41 Å². The van der Waals surface area contributed by atoms with Crippen LogP contribution in [0.15, 0.2) is 0 Å². The van der Waals surface area contributed by atoms with Crippen molar-refractivity contribution in [1.82, 2.24) is 0 Å². The van der Waals surface area contributed by atoms with Crippen LogP contribution < -0.4 is 0 Å². The molecule has 0 amide bonds. The van der Waals surface area contributed by atoms with E-state index in [4.69, 9.17) is 9.47 Å². The van der Waals surface area contributed by atoms with E-state index >= 15 is 0 Å². The van der Waals surface area contributed by atoms with E-state index in [1.165, 1.54) is 0 Å². The van der Waals surface area contributed by atoms with E-state index in [9.17, 15) is 9.59 Å². The number of ether oxygens (including phenoxy) is 2. The van der Waals surface area contributed by atoms with Crippen LogP contribution in [-0.4, -0.2) is 33.8 Å². The van der Waals surface area contributed by atoms with Crippen molar-refractivity contribution in [3.05, 3.63) is 0 Å². The van der Waals surface area contributed by atoms with E-state index in [2.05, 4.69) is 31.9 Å². The van der Waals surface area contributed by atoms with E-state index in [0.29, 0.717) is 6.42 Å². The smallest absolute Gasteiger partial charge is 0.322 e. The molecule has 0 fully saturated rings. The molecule has 20 heavy (non-hydrogen) atoms. The molecule has 0 radical (unpaired) electrons. The lowest BCUT2D eigenvalue weighted by molar-refractivity contribution is -0.154. The first-order valence-corrected chi connectivity index (χ1v) is 8.13. The molecule has 6 heteroatoms. The van der Waals surface area contributed by atoms with Gasteiger partial charge in [-0.3, -0.25) is 9.59 Å². The number of hydrogen-bond donors (Lipinski definition) is 0. The van der Waals surface area contributed by atoms with Gasteiger partial charge in [-0.1, -0.05) is 52.6 Å². The Kier molecular flexibility index (Phi) is 7.21. The number of rotatable bonds is 7. The standard InChI is InChI=1S/C14H24Br2O4/c1-7-14(6,16)11(18)20-9-12(2,3)8-19-10(17)13(4,5)15/h7-9H2,1-6H3/t14-/m0/s1. The van der Waals surface area contributed by atoms with Gasteiger partial charge in [0.25, 0.3) is 0 Å². The quantitative estimate of drug-likeness (QED) is 0.468. The zero-order valence-corrected chi connectivity index (χ0v) is 16.2. The van der Waals surface area contributed by atoms with Gasteiger partial charge >= 0.3 is 11.9 Å². The molecule has 0 unspecified atom stereocenters. The zero-order chi connectivity index (χ0) is 16.2. The Hall–Kier alpha value is -0.100. The number of alkyl halides is 2. The van der Waals surface area contributed by atoms with Gasteiger partial charge in [-0.05, 0) is 27.2 Å². The number of esters is 2. The second kappa shape index (κ2) is 7.25. The van der Waals surface area contributed by atoms with E-state index in [-0.39, 0.29) is 25.2 Å². The second-order valence-corrected chi connectivity index (χ2v) is 10.1. The third-order valence-corrected chi connectivity index (χ3v) is 3.97. The van der Waals surface area contributed by atoms with Crippen LogP contribution in [0.1, 0.15) is 48.0 Å². The lowest BCUT2D eigenvalue weighted by atomic mass is 9.96. The Morgan fingerprint density at radius 3 is 1.65 bits per heavy atom. The Labute approximate surface area is 138 Å². The van der Waals surface area contributed by atoms with Crippen molar-refractivity contribution >= 4 is 43.8 Å². The van der Waals surface area contributed by atoms with Gasteiger partial charge in [-0.2, -0.15) is 0 Å². The number of halogens is 2. The topological polar surface area (TPSA) is 52.6 Å². The van der Waals surface area contributed by atoms with E-state index in [0.717, 1.165) is 0 Å². The maximum Gasteiger partial charge on any atom is 0.322 e. The third-order valence-electron chi connectivity index (χ3n) is 2.76. The summed E-state index contributed by atoms with van der Waals surface area (Å²) in [6.07, 6.45) is 0.638. The Bertz CT molecular complexity index is 357. The Balaban J connectivity index is 4.34. The third kappa shape index (κ3) is 7.07. The fraction of sp³-hybridized carbons (Fsp3) is 0.857. The van der Waals surface area contributed by atoms with Crippen LogP contribution >= 0.6 is 31.9 Å². The molecule has 0 aliphatic carbocycles. The molecule has 0 saturated carbocycles. The number of carbonyl (C=O) groups excluding carboxylic acids is 2. The van der Waals surface area contributed by atoms with Gasteiger partial charge in [0.15, 0.2) is 0 Å². The van der Waals surface area contributed by atoms with E-state index in [1.54, 1.807) is 20.8 Å². The first-order chi connectivity index (χ1) is 8.82. The van der Waals surface area contributed by atoms with Gasteiger partial charge in [-0.25, -0.2) is 0 Å². The molecule has 0 rings (SSSR count). The predicted octanol–water partition coefficient (Wildman–Crippen LogP) is 3.84. The molecule has 0 aliphatic heterocycles. The van der Waals surface area contributed by atoms with Crippen molar-refractivity contribution in [3.63, 3.8) is 0 Å². The van der Waals surface area contributed by atoms with Crippen molar-refractivity contribution < 1.29 is 19.1 Å². The van der Waals surface area contributed by atoms with Crippen molar-refractivity contribution in [3.8, 4) is 0 Å². The number of carbonyl (C=O) groups is 2. The van der Waals surface area contributed by atoms with Crippen LogP contribution in [0, 0.1) is 5.41 Å². The SMILES string of the molecule is CC[C@](C)(Br)C(=O)OCC(C)(C)COC(=O)C(C)(C)Br. The summed E-state index contributed by atoms with van der Waals surface area (Å²) >= 11 is 6.58. The van der Waals surface area contributed by atoms with Crippen molar-refractivity contribution in [2.45, 2.75) is 56.6 Å². The van der Waals surface area contributed by atoms with Crippen LogP contribution in [0.25, 0.3) is 0 Å². The van der Waals surface area contributed by atoms with Gasteiger partial charge < -0.3 is 9.47 Å². The average molecular weight is 416 g/mol. The molecule has 4 nitrogen and oxygen atoms in total. The fourth-order valence-electron chi connectivity index (χ4n) is 1.03. The molecule has 0 heterocycles. The molecule has 118 valence electrons. The highest BCUT2D eigenvalue weighted by molar-refractivity contribution is 9.10. The normalized spacial score (nSPS) is 15.4. The molecule has 1 atom stereocenters. The Morgan fingerprint density at radius 2 is 1.30 bits per heavy atom. The van der Waals surface area contributed by atoms with Crippen LogP contribution in [0.2, 0.25) is 0 Å². The molecule has 0 saturated heterocycles. The second-order valence-electron chi connectivity index (χ2n) is 6.34. The van der Waals surface area contributed by atoms with Gasteiger partial charge in [0.1, 0.15) is 8.65 Å². The molecule has 0 aromatic heterocycles. The molecular weight excluding hydrogens is 392 g/mol. The molecule has 0 N–H and O–H groups in total. The molecule has 0 aromatic rings. The summed E-state index contributed by atoms with van der Waals surface area (Å²) in [4.78, 5) is 23.5. The maximum absolute atomic E-state index is 11.9. The van der Waals surface area contributed by atoms with Gasteiger partial charge in [0.05, 0.1) is 13.2 Å². The molecule has 0 bridgehead atoms. The predicted molar refractivity (Wildman–Crippen MR) is 86.3 cm³/mol. The van der Waals surface area contributed by atoms with Crippen LogP contribution in [0.3, 0.4) is 0 Å². The lowest BCUT2D eigenvalue weighted by Gasteiger charge is -2.27. The van der Waals surface area contributed by atoms with Crippen LogP contribution in [-0.2, 0) is 19.1 Å². The Morgan fingerprint density at radius 1 is 0.900 bits per heavy atom. The summed E-state index contributed by atoms with van der Waals surface area (Å²) in [5.74, 6) is -0.643. The number of hydrogen-bond acceptors (Lipinski definition) is 4. The fourth-order valence-corrected chi connectivity index (χ4v) is 1.26. The molecule has 0 aliphatic rings. The summed E-state index contributed by atoms with van der Waals surface area (Å²) in [5, 5.41) is 0. The first-order valence-electron chi connectivity index (χ1n) is 6.54. The van der Waals surface area contributed by atoms with Gasteiger partial charge in [-0.15, -0.1) is 0 Å². The highest BCUT2D eigenvalue weighted by Gasteiger charge is 2.33. The molecule has 0 spiro atoms. The minimum Gasteiger partial charge on any atom is -0.464 e. The monoisotopic (exact) mass is 414 g/mol. The largest absolute Gasteiger partial charge is 0.464 e. The van der Waals surface area contributed by atoms with Crippen LogP contribution in [0.4, 0.5) is 0 Å². The average Bonchev–Trinajstić information content (AvgIpc) is 2.31. The summed E-state index contributed by atoms with van der Waals surface area (Å²) in [6, 6.07) is 0. The molecule has 0 aromatic carbocycles. The highest BCUT2D eigenvalue weighted by Crippen LogP contribution is 2.26. The van der Waals surface area contributed by atoms with E-state index < -0.39 is 14.1 Å². The summed E-state index contributed by atoms with van der Waals surface area (Å²) in [6.45, 7) is 11.3.